The molecule has 0 spiro atoms. The molecule has 1 amide bonds. The number of rotatable bonds is 11. The van der Waals surface area contributed by atoms with E-state index in [1.807, 2.05) is 13.8 Å². The van der Waals surface area contributed by atoms with Crippen LogP contribution in [0.1, 0.15) is 37.0 Å². The van der Waals surface area contributed by atoms with Gasteiger partial charge < -0.3 is 20.7 Å². The van der Waals surface area contributed by atoms with Gasteiger partial charge in [0, 0.05) is 51.8 Å². The Morgan fingerprint density at radius 3 is 2.68 bits per heavy atom. The van der Waals surface area contributed by atoms with Gasteiger partial charge in [-0.2, -0.15) is 0 Å². The van der Waals surface area contributed by atoms with E-state index in [1.165, 1.54) is 0 Å². The first-order chi connectivity index (χ1) is 11.8. The molecule has 3 N–H and O–H groups in total. The molecule has 8 heteroatoms. The third-order valence-electron chi connectivity index (χ3n) is 3.14. The maximum atomic E-state index is 11.9. The van der Waals surface area contributed by atoms with E-state index >= 15 is 0 Å². The van der Waals surface area contributed by atoms with Crippen molar-refractivity contribution in [1.82, 2.24) is 20.9 Å². The first-order valence-corrected chi connectivity index (χ1v) is 8.56. The van der Waals surface area contributed by atoms with Crippen molar-refractivity contribution in [3.63, 3.8) is 0 Å². The molecule has 0 bridgehead atoms. The topological polar surface area (TPSA) is 87.6 Å². The van der Waals surface area contributed by atoms with Gasteiger partial charge >= 0.3 is 0 Å². The second-order valence-corrected chi connectivity index (χ2v) is 5.09. The Bertz CT molecular complexity index is 485. The van der Waals surface area contributed by atoms with Crippen LogP contribution in [0.4, 0.5) is 0 Å². The molecule has 1 aromatic rings. The fraction of sp³-hybridized carbons (Fsp3) is 0.588. The highest BCUT2D eigenvalue weighted by atomic mass is 127. The molecule has 7 nitrogen and oxygen atoms in total. The van der Waals surface area contributed by atoms with Crippen LogP contribution in [0.2, 0.25) is 0 Å². The molecule has 1 aromatic heterocycles. The number of ether oxygens (including phenoxy) is 1. The van der Waals surface area contributed by atoms with E-state index in [0.29, 0.717) is 18.7 Å². The van der Waals surface area contributed by atoms with E-state index in [0.717, 1.165) is 45.1 Å². The summed E-state index contributed by atoms with van der Waals surface area (Å²) in [6.07, 6.45) is 5.20. The van der Waals surface area contributed by atoms with E-state index in [4.69, 9.17) is 4.74 Å². The largest absolute Gasteiger partial charge is 0.382 e. The number of amides is 1. The molecule has 0 aromatic carbocycles. The van der Waals surface area contributed by atoms with Gasteiger partial charge in [-0.15, -0.1) is 24.0 Å². The second-order valence-electron chi connectivity index (χ2n) is 5.09. The lowest BCUT2D eigenvalue weighted by Crippen LogP contribution is -2.41. The number of carbonyl (C=O) groups excluding carboxylic acids is 1. The monoisotopic (exact) mass is 463 g/mol. The summed E-state index contributed by atoms with van der Waals surface area (Å²) in [5.74, 6) is 0.646. The van der Waals surface area contributed by atoms with Crippen LogP contribution < -0.4 is 16.0 Å². The Hall–Kier alpha value is -1.42. The predicted molar refractivity (Wildman–Crippen MR) is 112 cm³/mol. The van der Waals surface area contributed by atoms with E-state index < -0.39 is 0 Å². The standard InChI is InChI=1S/C17H29N5O2.HI/c1-3-19-17(21-10-5-6-13-24-4-2)22-12-11-20-16(23)15-8-7-9-18-14-15;/h7-9,14H,3-6,10-13H2,1-2H3,(H,20,23)(H2,19,21,22);1H. The molecule has 0 atom stereocenters. The molecule has 0 saturated heterocycles. The number of aromatic nitrogens is 1. The molecule has 0 aliphatic rings. The van der Waals surface area contributed by atoms with Crippen LogP contribution in [0.3, 0.4) is 0 Å². The molecule has 1 rings (SSSR count). The van der Waals surface area contributed by atoms with Crippen LogP contribution in [-0.4, -0.2) is 56.2 Å². The first-order valence-electron chi connectivity index (χ1n) is 8.56. The van der Waals surface area contributed by atoms with Crippen molar-refractivity contribution in [3.05, 3.63) is 30.1 Å². The minimum absolute atomic E-state index is 0. The molecule has 0 fully saturated rings. The summed E-state index contributed by atoms with van der Waals surface area (Å²) in [6.45, 7) is 8.25. The highest BCUT2D eigenvalue weighted by Crippen LogP contribution is 1.94. The minimum atomic E-state index is -0.122. The number of carbonyl (C=O) groups is 1. The van der Waals surface area contributed by atoms with E-state index in [-0.39, 0.29) is 29.9 Å². The van der Waals surface area contributed by atoms with E-state index in [9.17, 15) is 4.79 Å². The van der Waals surface area contributed by atoms with Crippen molar-refractivity contribution in [2.45, 2.75) is 26.7 Å². The molecule has 0 aliphatic heterocycles. The van der Waals surface area contributed by atoms with Crippen molar-refractivity contribution < 1.29 is 9.53 Å². The summed E-state index contributed by atoms with van der Waals surface area (Å²) >= 11 is 0. The molecular weight excluding hydrogens is 433 g/mol. The van der Waals surface area contributed by atoms with Crippen LogP contribution in [-0.2, 0) is 4.74 Å². The van der Waals surface area contributed by atoms with Gasteiger partial charge in [0.1, 0.15) is 0 Å². The van der Waals surface area contributed by atoms with Crippen LogP contribution in [0, 0.1) is 0 Å². The summed E-state index contributed by atoms with van der Waals surface area (Å²) in [4.78, 5) is 20.3. The fourth-order valence-electron chi connectivity index (χ4n) is 1.95. The summed E-state index contributed by atoms with van der Waals surface area (Å²) in [5.41, 5.74) is 0.562. The quantitative estimate of drug-likeness (QED) is 0.202. The van der Waals surface area contributed by atoms with E-state index in [1.54, 1.807) is 24.5 Å². The van der Waals surface area contributed by atoms with Gasteiger partial charge in [0.25, 0.3) is 5.91 Å². The number of hydrogen-bond donors (Lipinski definition) is 3. The highest BCUT2D eigenvalue weighted by Gasteiger charge is 2.03. The zero-order valence-corrected chi connectivity index (χ0v) is 17.4. The Morgan fingerprint density at radius 1 is 1.20 bits per heavy atom. The number of nitrogens with one attached hydrogen (secondary N) is 3. The zero-order valence-electron chi connectivity index (χ0n) is 15.1. The maximum Gasteiger partial charge on any atom is 0.252 e. The summed E-state index contributed by atoms with van der Waals surface area (Å²) in [5, 5.41) is 9.24. The third kappa shape index (κ3) is 11.7. The lowest BCUT2D eigenvalue weighted by atomic mass is 10.3. The first kappa shape index (κ1) is 23.6. The van der Waals surface area contributed by atoms with Gasteiger partial charge in [0.05, 0.1) is 5.56 Å². The van der Waals surface area contributed by atoms with Crippen molar-refractivity contribution in [2.24, 2.45) is 4.99 Å². The van der Waals surface area contributed by atoms with Gasteiger partial charge in [0.15, 0.2) is 5.96 Å². The fourth-order valence-corrected chi connectivity index (χ4v) is 1.95. The number of aliphatic imine (C=N–C) groups is 1. The van der Waals surface area contributed by atoms with Crippen molar-refractivity contribution in [2.75, 3.05) is 39.4 Å². The number of pyridine rings is 1. The second kappa shape index (κ2) is 16.1. The smallest absolute Gasteiger partial charge is 0.252 e. The third-order valence-corrected chi connectivity index (χ3v) is 3.14. The zero-order chi connectivity index (χ0) is 17.5. The Labute approximate surface area is 167 Å². The Morgan fingerprint density at radius 2 is 2.00 bits per heavy atom. The van der Waals surface area contributed by atoms with Crippen LogP contribution in [0.15, 0.2) is 29.5 Å². The lowest BCUT2D eigenvalue weighted by Gasteiger charge is -2.12. The molecule has 142 valence electrons. The van der Waals surface area contributed by atoms with Gasteiger partial charge in [-0.05, 0) is 38.8 Å². The normalized spacial score (nSPS) is 10.7. The SMILES string of the molecule is CCNC(=NCCCCOCC)NCCNC(=O)c1cccnc1.I. The number of unbranched alkanes of at least 4 members (excludes halogenated alkanes) is 1. The highest BCUT2D eigenvalue weighted by molar-refractivity contribution is 14.0. The van der Waals surface area contributed by atoms with Gasteiger partial charge in [-0.25, -0.2) is 0 Å². The number of nitrogens with zero attached hydrogens (tertiary/aromatic N) is 2. The average molecular weight is 463 g/mol. The van der Waals surface area contributed by atoms with Crippen molar-refractivity contribution in [3.8, 4) is 0 Å². The molecule has 25 heavy (non-hydrogen) atoms. The van der Waals surface area contributed by atoms with E-state index in [2.05, 4.69) is 25.9 Å². The molecule has 0 unspecified atom stereocenters. The van der Waals surface area contributed by atoms with Crippen LogP contribution >= 0.6 is 24.0 Å². The molecule has 0 saturated carbocycles. The lowest BCUT2D eigenvalue weighted by molar-refractivity contribution is 0.0954. The summed E-state index contributed by atoms with van der Waals surface area (Å²) < 4.78 is 5.30. The number of halogens is 1. The van der Waals surface area contributed by atoms with Crippen molar-refractivity contribution in [1.29, 1.82) is 0 Å². The van der Waals surface area contributed by atoms with Gasteiger partial charge in [0.2, 0.25) is 0 Å². The maximum absolute atomic E-state index is 11.9. The van der Waals surface area contributed by atoms with Crippen LogP contribution in [0.25, 0.3) is 0 Å². The Kier molecular flexibility index (Phi) is 15.2. The molecular formula is C17H30IN5O2. The van der Waals surface area contributed by atoms with Gasteiger partial charge in [-0.3, -0.25) is 14.8 Å². The summed E-state index contributed by atoms with van der Waals surface area (Å²) in [6, 6.07) is 3.48. The predicted octanol–water partition coefficient (Wildman–Crippen LogP) is 1.80. The summed E-state index contributed by atoms with van der Waals surface area (Å²) in [7, 11) is 0. The minimum Gasteiger partial charge on any atom is -0.382 e. The molecule has 0 aliphatic carbocycles. The average Bonchev–Trinajstić information content (AvgIpc) is 2.62. The van der Waals surface area contributed by atoms with Gasteiger partial charge in [-0.1, -0.05) is 0 Å². The number of hydrogen-bond acceptors (Lipinski definition) is 4. The van der Waals surface area contributed by atoms with Crippen molar-refractivity contribution >= 4 is 35.8 Å². The van der Waals surface area contributed by atoms with Crippen LogP contribution in [0.5, 0.6) is 0 Å². The molecule has 1 heterocycles. The molecule has 0 radical (unpaired) electrons. The Balaban J connectivity index is 0.00000576. The number of guanidine groups is 1.